The second-order valence-corrected chi connectivity index (χ2v) is 7.61. The number of halogens is 6. The quantitative estimate of drug-likeness (QED) is 0.717. The fraction of sp³-hybridized carbons (Fsp3) is 0.357. The minimum Gasteiger partial charge on any atom is -0.376 e. The highest BCUT2D eigenvalue weighted by Gasteiger charge is 2.51. The average molecular weight is 387 g/mol. The van der Waals surface area contributed by atoms with Crippen LogP contribution in [0.4, 0.5) is 26.3 Å². The van der Waals surface area contributed by atoms with Crippen LogP contribution in [-0.2, 0) is 11.8 Å². The molecule has 0 aliphatic carbocycles. The van der Waals surface area contributed by atoms with Crippen molar-refractivity contribution in [3.8, 4) is 0 Å². The van der Waals surface area contributed by atoms with E-state index in [9.17, 15) is 31.4 Å². The van der Waals surface area contributed by atoms with Crippen molar-refractivity contribution in [2.24, 2.45) is 0 Å². The summed E-state index contributed by atoms with van der Waals surface area (Å²) in [7, 11) is 0. The molecule has 1 N–H and O–H groups in total. The number of aromatic nitrogens is 1. The van der Waals surface area contributed by atoms with Gasteiger partial charge in [0.2, 0.25) is 0 Å². The summed E-state index contributed by atoms with van der Waals surface area (Å²) in [5, 5.41) is 9.81. The Balaban J connectivity index is 2.28. The number of benzene rings is 1. The van der Waals surface area contributed by atoms with Gasteiger partial charge < -0.3 is 5.11 Å². The summed E-state index contributed by atoms with van der Waals surface area (Å²) in [5.41, 5.74) is -4.44. The first-order valence-electron chi connectivity index (χ1n) is 6.44. The molecule has 0 aliphatic rings. The molecule has 1 unspecified atom stereocenters. The molecule has 0 saturated carbocycles. The number of hydrogen-bond acceptors (Lipinski definition) is 4. The molecule has 1 aromatic carbocycles. The summed E-state index contributed by atoms with van der Waals surface area (Å²) in [6, 6.07) is 4.54. The van der Waals surface area contributed by atoms with Crippen LogP contribution in [0.5, 0.6) is 0 Å². The van der Waals surface area contributed by atoms with Crippen LogP contribution in [0.15, 0.2) is 33.4 Å². The lowest BCUT2D eigenvalue weighted by atomic mass is 9.96. The molecular formula is C14H11F6NOS2. The van der Waals surface area contributed by atoms with E-state index in [-0.39, 0.29) is 9.22 Å². The molecule has 1 atom stereocenters. The minimum absolute atomic E-state index is 0.0877. The Morgan fingerprint density at radius 1 is 1.04 bits per heavy atom. The number of aliphatic hydroxyl groups is 1. The van der Waals surface area contributed by atoms with E-state index in [1.54, 1.807) is 0 Å². The largest absolute Gasteiger partial charge is 0.435 e. The summed E-state index contributed by atoms with van der Waals surface area (Å²) < 4.78 is 76.9. The van der Waals surface area contributed by atoms with Crippen molar-refractivity contribution in [2.75, 3.05) is 0 Å². The maximum absolute atomic E-state index is 12.9. The molecule has 0 fully saturated rings. The Bertz CT molecular complexity index is 718. The molecule has 2 nitrogen and oxygen atoms in total. The molecule has 132 valence electrons. The van der Waals surface area contributed by atoms with E-state index < -0.39 is 29.2 Å². The standard InChI is InChI=1S/C14H11F6NOS2/c1-7-21-10(13(15,16)17)11(23-7)24-9-5-3-8(4-6-9)12(2,22)14(18,19)20/h3-6,22H,1-2H3. The molecule has 0 aliphatic heterocycles. The lowest BCUT2D eigenvalue weighted by molar-refractivity contribution is -0.258. The highest BCUT2D eigenvalue weighted by Crippen LogP contribution is 2.43. The van der Waals surface area contributed by atoms with E-state index in [1.807, 2.05) is 0 Å². The summed E-state index contributed by atoms with van der Waals surface area (Å²) >= 11 is 1.61. The second-order valence-electron chi connectivity index (χ2n) is 5.06. The number of alkyl halides is 6. The summed E-state index contributed by atoms with van der Waals surface area (Å²) in [6.07, 6.45) is -9.47. The van der Waals surface area contributed by atoms with E-state index >= 15 is 0 Å². The van der Waals surface area contributed by atoms with E-state index in [4.69, 9.17) is 0 Å². The second kappa shape index (κ2) is 6.23. The SMILES string of the molecule is Cc1nc(C(F)(F)F)c(Sc2ccc(C(C)(O)C(F)(F)F)cc2)s1. The fourth-order valence-electron chi connectivity index (χ4n) is 1.77. The predicted molar refractivity (Wildman–Crippen MR) is 78.0 cm³/mol. The summed E-state index contributed by atoms with van der Waals surface area (Å²) in [4.78, 5) is 3.76. The van der Waals surface area contributed by atoms with E-state index in [1.165, 1.54) is 19.1 Å². The Hall–Kier alpha value is -1.26. The first-order valence-corrected chi connectivity index (χ1v) is 8.08. The van der Waals surface area contributed by atoms with Gasteiger partial charge >= 0.3 is 12.4 Å². The number of aryl methyl sites for hydroxylation is 1. The maximum Gasteiger partial charge on any atom is 0.435 e. The van der Waals surface area contributed by atoms with Gasteiger partial charge in [-0.1, -0.05) is 23.9 Å². The van der Waals surface area contributed by atoms with E-state index in [0.717, 1.165) is 35.2 Å². The predicted octanol–water partition coefficient (Wildman–Crippen LogP) is 5.39. The van der Waals surface area contributed by atoms with Gasteiger partial charge in [0.05, 0.1) is 9.22 Å². The first kappa shape index (κ1) is 19.1. The van der Waals surface area contributed by atoms with Crippen molar-refractivity contribution in [2.45, 2.75) is 40.9 Å². The van der Waals surface area contributed by atoms with Crippen LogP contribution in [0.3, 0.4) is 0 Å². The molecule has 24 heavy (non-hydrogen) atoms. The van der Waals surface area contributed by atoms with Crippen molar-refractivity contribution in [1.29, 1.82) is 0 Å². The molecular weight excluding hydrogens is 376 g/mol. The monoisotopic (exact) mass is 387 g/mol. The molecule has 0 saturated heterocycles. The highest BCUT2D eigenvalue weighted by atomic mass is 32.2. The average Bonchev–Trinajstić information content (AvgIpc) is 2.79. The minimum atomic E-state index is -4.86. The Labute approximate surface area is 141 Å². The van der Waals surface area contributed by atoms with Crippen LogP contribution in [0, 0.1) is 6.92 Å². The Morgan fingerprint density at radius 3 is 2.04 bits per heavy atom. The number of nitrogens with zero attached hydrogens (tertiary/aromatic N) is 1. The molecule has 0 bridgehead atoms. The lowest BCUT2D eigenvalue weighted by Gasteiger charge is -2.26. The van der Waals surface area contributed by atoms with Crippen molar-refractivity contribution >= 4 is 23.1 Å². The zero-order valence-corrected chi connectivity index (χ0v) is 13.9. The number of rotatable bonds is 3. The van der Waals surface area contributed by atoms with Crippen LogP contribution in [0.1, 0.15) is 23.2 Å². The number of hydrogen-bond donors (Lipinski definition) is 1. The van der Waals surface area contributed by atoms with Crippen LogP contribution in [0.2, 0.25) is 0 Å². The molecule has 0 radical (unpaired) electrons. The van der Waals surface area contributed by atoms with Crippen molar-refractivity contribution in [3.05, 3.63) is 40.5 Å². The van der Waals surface area contributed by atoms with Gasteiger partial charge in [-0.2, -0.15) is 26.3 Å². The summed E-state index contributed by atoms with van der Waals surface area (Å²) in [5.74, 6) is 0. The molecule has 1 heterocycles. The third-order valence-electron chi connectivity index (χ3n) is 3.15. The Kier molecular flexibility index (Phi) is 4.95. The van der Waals surface area contributed by atoms with Crippen LogP contribution < -0.4 is 0 Å². The molecule has 2 rings (SSSR count). The van der Waals surface area contributed by atoms with Gasteiger partial charge in [0, 0.05) is 4.90 Å². The van der Waals surface area contributed by atoms with E-state index in [0.29, 0.717) is 11.8 Å². The number of thiazole rings is 1. The van der Waals surface area contributed by atoms with E-state index in [2.05, 4.69) is 4.98 Å². The molecule has 2 aromatic rings. The normalized spacial score (nSPS) is 15.4. The van der Waals surface area contributed by atoms with Crippen molar-refractivity contribution in [3.63, 3.8) is 0 Å². The van der Waals surface area contributed by atoms with Crippen molar-refractivity contribution in [1.82, 2.24) is 4.98 Å². The third kappa shape index (κ3) is 3.86. The van der Waals surface area contributed by atoms with Gasteiger partial charge in [-0.05, 0) is 31.5 Å². The maximum atomic E-state index is 12.9. The van der Waals surface area contributed by atoms with Crippen LogP contribution in [-0.4, -0.2) is 16.3 Å². The van der Waals surface area contributed by atoms with Crippen LogP contribution in [0.25, 0.3) is 0 Å². The van der Waals surface area contributed by atoms with Gasteiger partial charge in [-0.3, -0.25) is 0 Å². The summed E-state index contributed by atoms with van der Waals surface area (Å²) in [6.45, 7) is 2.05. The fourth-order valence-corrected chi connectivity index (χ4v) is 4.00. The van der Waals surface area contributed by atoms with Crippen LogP contribution >= 0.6 is 23.1 Å². The highest BCUT2D eigenvalue weighted by molar-refractivity contribution is 8.01. The molecule has 0 spiro atoms. The third-order valence-corrected chi connectivity index (χ3v) is 5.30. The zero-order valence-electron chi connectivity index (χ0n) is 12.3. The molecule has 0 amide bonds. The lowest BCUT2D eigenvalue weighted by Crippen LogP contribution is -2.39. The molecule has 10 heteroatoms. The topological polar surface area (TPSA) is 33.1 Å². The zero-order chi connectivity index (χ0) is 18.3. The first-order chi connectivity index (χ1) is 10.8. The van der Waals surface area contributed by atoms with Crippen molar-refractivity contribution < 1.29 is 31.4 Å². The van der Waals surface area contributed by atoms with Gasteiger partial charge in [0.25, 0.3) is 0 Å². The Morgan fingerprint density at radius 2 is 1.58 bits per heavy atom. The van der Waals surface area contributed by atoms with Gasteiger partial charge in [-0.15, -0.1) is 11.3 Å². The van der Waals surface area contributed by atoms with Gasteiger partial charge in [0.1, 0.15) is 0 Å². The molecule has 1 aromatic heterocycles. The van der Waals surface area contributed by atoms with Gasteiger partial charge in [-0.25, -0.2) is 4.98 Å². The smallest absolute Gasteiger partial charge is 0.376 e. The van der Waals surface area contributed by atoms with Gasteiger partial charge in [0.15, 0.2) is 11.3 Å².